The standard InChI is InChI=1S/C16H10Cl2F2N2O/c1-8-4-11(10-3-2-9(17)6-12(10)18)15-13(5-8)22-14(7-21-15)23-16(19)20/h2-7,16H,1H3. The average molecular weight is 355 g/mol. The summed E-state index contributed by atoms with van der Waals surface area (Å²) in [6, 6.07) is 8.78. The molecule has 1 aromatic heterocycles. The van der Waals surface area contributed by atoms with Crippen molar-refractivity contribution in [3.8, 4) is 17.0 Å². The van der Waals surface area contributed by atoms with Crippen LogP contribution in [0.3, 0.4) is 0 Å². The zero-order valence-corrected chi connectivity index (χ0v) is 13.4. The highest BCUT2D eigenvalue weighted by atomic mass is 35.5. The zero-order valence-electron chi connectivity index (χ0n) is 11.9. The average Bonchev–Trinajstić information content (AvgIpc) is 2.45. The molecule has 0 unspecified atom stereocenters. The summed E-state index contributed by atoms with van der Waals surface area (Å²) in [5.41, 5.74) is 3.37. The first-order chi connectivity index (χ1) is 10.9. The van der Waals surface area contributed by atoms with E-state index in [1.54, 1.807) is 24.3 Å². The fourth-order valence-electron chi connectivity index (χ4n) is 2.31. The number of nitrogens with zero attached hydrogens (tertiary/aromatic N) is 2. The van der Waals surface area contributed by atoms with Crippen molar-refractivity contribution in [2.24, 2.45) is 0 Å². The summed E-state index contributed by atoms with van der Waals surface area (Å²) in [6.07, 6.45) is 1.16. The molecule has 0 bridgehead atoms. The van der Waals surface area contributed by atoms with E-state index in [9.17, 15) is 8.78 Å². The highest BCUT2D eigenvalue weighted by molar-refractivity contribution is 6.36. The van der Waals surface area contributed by atoms with Gasteiger partial charge in [0.1, 0.15) is 0 Å². The number of hydrogen-bond acceptors (Lipinski definition) is 3. The number of fused-ring (bicyclic) bond motifs is 1. The van der Waals surface area contributed by atoms with Crippen LogP contribution < -0.4 is 4.74 Å². The van der Waals surface area contributed by atoms with Crippen LogP contribution in [0, 0.1) is 6.92 Å². The molecule has 0 spiro atoms. The van der Waals surface area contributed by atoms with Crippen molar-refractivity contribution >= 4 is 34.2 Å². The third-order valence-corrected chi connectivity index (χ3v) is 3.75. The van der Waals surface area contributed by atoms with E-state index in [4.69, 9.17) is 23.2 Å². The van der Waals surface area contributed by atoms with Gasteiger partial charge in [-0.2, -0.15) is 8.78 Å². The molecule has 0 saturated carbocycles. The van der Waals surface area contributed by atoms with Crippen molar-refractivity contribution in [2.45, 2.75) is 13.5 Å². The molecule has 1 heterocycles. The van der Waals surface area contributed by atoms with E-state index >= 15 is 0 Å². The Labute approximate surface area is 140 Å². The summed E-state index contributed by atoms with van der Waals surface area (Å²) < 4.78 is 28.9. The van der Waals surface area contributed by atoms with Crippen LogP contribution >= 0.6 is 23.2 Å². The van der Waals surface area contributed by atoms with Gasteiger partial charge < -0.3 is 4.74 Å². The van der Waals surface area contributed by atoms with Crippen molar-refractivity contribution in [1.82, 2.24) is 9.97 Å². The van der Waals surface area contributed by atoms with Crippen LogP contribution in [0.2, 0.25) is 10.0 Å². The second kappa shape index (κ2) is 6.26. The first-order valence-corrected chi connectivity index (χ1v) is 7.37. The second-order valence-corrected chi connectivity index (χ2v) is 5.73. The Kier molecular flexibility index (Phi) is 4.33. The van der Waals surface area contributed by atoms with Gasteiger partial charge in [0.05, 0.1) is 17.2 Å². The Hall–Kier alpha value is -1.98. The predicted molar refractivity (Wildman–Crippen MR) is 86.4 cm³/mol. The summed E-state index contributed by atoms with van der Waals surface area (Å²) >= 11 is 12.2. The fraction of sp³-hybridized carbons (Fsp3) is 0.125. The predicted octanol–water partition coefficient (Wildman–Crippen LogP) is 5.51. The topological polar surface area (TPSA) is 35.0 Å². The van der Waals surface area contributed by atoms with Crippen LogP contribution in [0.15, 0.2) is 36.5 Å². The van der Waals surface area contributed by atoms with Crippen LogP contribution in [-0.4, -0.2) is 16.6 Å². The van der Waals surface area contributed by atoms with Crippen molar-refractivity contribution < 1.29 is 13.5 Å². The summed E-state index contributed by atoms with van der Waals surface area (Å²) in [5.74, 6) is -0.230. The molecule has 2 aromatic carbocycles. The fourth-order valence-corrected chi connectivity index (χ4v) is 2.82. The molecule has 0 saturated heterocycles. The lowest BCUT2D eigenvalue weighted by atomic mass is 10.0. The number of aryl methyl sites for hydroxylation is 1. The summed E-state index contributed by atoms with van der Waals surface area (Å²) in [7, 11) is 0. The number of aromatic nitrogens is 2. The van der Waals surface area contributed by atoms with Gasteiger partial charge >= 0.3 is 6.61 Å². The Balaban J connectivity index is 2.20. The Bertz CT molecular complexity index is 887. The molecule has 0 aliphatic heterocycles. The second-order valence-electron chi connectivity index (χ2n) is 4.89. The van der Waals surface area contributed by atoms with Gasteiger partial charge in [0.15, 0.2) is 0 Å². The van der Waals surface area contributed by atoms with Gasteiger partial charge in [-0.15, -0.1) is 0 Å². The monoisotopic (exact) mass is 354 g/mol. The largest absolute Gasteiger partial charge is 0.415 e. The maximum Gasteiger partial charge on any atom is 0.388 e. The number of rotatable bonds is 3. The van der Waals surface area contributed by atoms with Crippen LogP contribution in [0.1, 0.15) is 5.56 Å². The van der Waals surface area contributed by atoms with E-state index in [-0.39, 0.29) is 5.88 Å². The SMILES string of the molecule is Cc1cc(-c2ccc(Cl)cc2Cl)c2ncc(OC(F)F)nc2c1. The number of ether oxygens (including phenoxy) is 1. The van der Waals surface area contributed by atoms with Crippen molar-refractivity contribution in [3.63, 3.8) is 0 Å². The zero-order chi connectivity index (χ0) is 16.6. The van der Waals surface area contributed by atoms with Crippen LogP contribution in [-0.2, 0) is 0 Å². The van der Waals surface area contributed by atoms with Crippen molar-refractivity contribution in [2.75, 3.05) is 0 Å². The van der Waals surface area contributed by atoms with Gasteiger partial charge in [-0.05, 0) is 36.8 Å². The highest BCUT2D eigenvalue weighted by Crippen LogP contribution is 2.35. The minimum atomic E-state index is -2.95. The van der Waals surface area contributed by atoms with Crippen molar-refractivity contribution in [1.29, 1.82) is 0 Å². The third-order valence-electron chi connectivity index (χ3n) is 3.20. The molecule has 0 N–H and O–H groups in total. The Morgan fingerprint density at radius 3 is 2.57 bits per heavy atom. The highest BCUT2D eigenvalue weighted by Gasteiger charge is 2.13. The quantitative estimate of drug-likeness (QED) is 0.621. The Morgan fingerprint density at radius 2 is 1.87 bits per heavy atom. The van der Waals surface area contributed by atoms with Crippen LogP contribution in [0.25, 0.3) is 22.2 Å². The van der Waals surface area contributed by atoms with Crippen LogP contribution in [0.4, 0.5) is 8.78 Å². The van der Waals surface area contributed by atoms with Gasteiger partial charge in [0, 0.05) is 21.2 Å². The van der Waals surface area contributed by atoms with Gasteiger partial charge in [0.2, 0.25) is 5.88 Å². The maximum atomic E-state index is 12.3. The minimum absolute atomic E-state index is 0.230. The molecular formula is C16H10Cl2F2N2O. The van der Waals surface area contributed by atoms with E-state index in [0.717, 1.165) is 22.9 Å². The summed E-state index contributed by atoms with van der Waals surface area (Å²) in [4.78, 5) is 8.28. The molecule has 0 aliphatic carbocycles. The molecule has 0 aliphatic rings. The lowest BCUT2D eigenvalue weighted by Crippen LogP contribution is -2.04. The molecular weight excluding hydrogens is 345 g/mol. The van der Waals surface area contributed by atoms with E-state index in [2.05, 4.69) is 14.7 Å². The molecule has 23 heavy (non-hydrogen) atoms. The van der Waals surface area contributed by atoms with Crippen LogP contribution in [0.5, 0.6) is 5.88 Å². The Morgan fingerprint density at radius 1 is 1.09 bits per heavy atom. The third kappa shape index (κ3) is 3.35. The molecule has 3 rings (SSSR count). The van der Waals surface area contributed by atoms with Gasteiger partial charge in [-0.3, -0.25) is 0 Å². The molecule has 0 amide bonds. The molecule has 0 fully saturated rings. The van der Waals surface area contributed by atoms with Gasteiger partial charge in [-0.1, -0.05) is 29.3 Å². The molecule has 118 valence electrons. The van der Waals surface area contributed by atoms with Gasteiger partial charge in [0.25, 0.3) is 0 Å². The lowest BCUT2D eigenvalue weighted by molar-refractivity contribution is -0.0528. The number of benzene rings is 2. The normalized spacial score (nSPS) is 11.2. The van der Waals surface area contributed by atoms with E-state index in [1.165, 1.54) is 0 Å². The summed E-state index contributed by atoms with van der Waals surface area (Å²) in [6.45, 7) is -1.08. The van der Waals surface area contributed by atoms with E-state index in [0.29, 0.717) is 21.1 Å². The molecule has 3 nitrogen and oxygen atoms in total. The summed E-state index contributed by atoms with van der Waals surface area (Å²) in [5, 5.41) is 0.994. The van der Waals surface area contributed by atoms with Gasteiger partial charge in [-0.25, -0.2) is 9.97 Å². The lowest BCUT2D eigenvalue weighted by Gasteiger charge is -2.11. The van der Waals surface area contributed by atoms with E-state index < -0.39 is 6.61 Å². The number of alkyl halides is 2. The van der Waals surface area contributed by atoms with E-state index in [1.807, 2.05) is 13.0 Å². The molecule has 3 aromatic rings. The first-order valence-electron chi connectivity index (χ1n) is 6.61. The molecule has 0 atom stereocenters. The maximum absolute atomic E-state index is 12.3. The smallest absolute Gasteiger partial charge is 0.388 e. The molecule has 7 heteroatoms. The molecule has 0 radical (unpaired) electrons. The minimum Gasteiger partial charge on any atom is -0.415 e. The van der Waals surface area contributed by atoms with Crippen molar-refractivity contribution in [3.05, 3.63) is 52.1 Å². The number of halogens is 4. The number of hydrogen-bond donors (Lipinski definition) is 0. The first kappa shape index (κ1) is 15.9.